The van der Waals surface area contributed by atoms with E-state index in [0.717, 1.165) is 12.8 Å². The minimum Gasteiger partial charge on any atom is -0.392 e. The van der Waals surface area contributed by atoms with Crippen LogP contribution in [0.4, 0.5) is 0 Å². The molecule has 0 aromatic carbocycles. The lowest BCUT2D eigenvalue weighted by atomic mass is 9.96. The Morgan fingerprint density at radius 2 is 2.16 bits per heavy atom. The van der Waals surface area contributed by atoms with Gasteiger partial charge in [0.25, 0.3) is 0 Å². The molecule has 6 heteroatoms. The van der Waals surface area contributed by atoms with Crippen molar-refractivity contribution < 1.29 is 14.4 Å². The van der Waals surface area contributed by atoms with Crippen LogP contribution in [0.1, 0.15) is 57.8 Å². The van der Waals surface area contributed by atoms with Crippen molar-refractivity contribution in [3.63, 3.8) is 0 Å². The summed E-state index contributed by atoms with van der Waals surface area (Å²) >= 11 is 0. The number of aliphatic hydroxyl groups is 1. The summed E-state index contributed by atoms with van der Waals surface area (Å²) in [6.07, 6.45) is 1.88. The van der Waals surface area contributed by atoms with E-state index in [0.29, 0.717) is 31.3 Å². The summed E-state index contributed by atoms with van der Waals surface area (Å²) in [5.74, 6) is 1.15. The summed E-state index contributed by atoms with van der Waals surface area (Å²) < 4.78 is 11.2. The highest BCUT2D eigenvalue weighted by Gasteiger charge is 2.36. The van der Waals surface area contributed by atoms with Crippen LogP contribution in [-0.4, -0.2) is 34.5 Å². The molecule has 0 spiro atoms. The molecule has 1 aromatic rings. The van der Waals surface area contributed by atoms with Crippen molar-refractivity contribution >= 4 is 0 Å². The van der Waals surface area contributed by atoms with E-state index in [1.165, 1.54) is 0 Å². The molecule has 0 bridgehead atoms. The molecule has 0 amide bonds. The number of aromatic nitrogens is 2. The highest BCUT2D eigenvalue weighted by molar-refractivity contribution is 5.04. The molecule has 2 heterocycles. The second-order valence-corrected chi connectivity index (χ2v) is 4.94. The zero-order chi connectivity index (χ0) is 13.9. The van der Waals surface area contributed by atoms with Crippen LogP contribution in [-0.2, 0) is 10.3 Å². The Balaban J connectivity index is 2.18. The lowest BCUT2D eigenvalue weighted by Gasteiger charge is -2.27. The summed E-state index contributed by atoms with van der Waals surface area (Å²) in [4.78, 5) is 4.48. The molecule has 2 N–H and O–H groups in total. The van der Waals surface area contributed by atoms with Gasteiger partial charge in [0.05, 0.1) is 12.1 Å². The average Bonchev–Trinajstić information content (AvgIpc) is 3.05. The van der Waals surface area contributed by atoms with Gasteiger partial charge in [0.2, 0.25) is 11.7 Å². The molecule has 2 atom stereocenters. The summed E-state index contributed by atoms with van der Waals surface area (Å²) in [5, 5.41) is 16.8. The minimum atomic E-state index is -0.465. The van der Waals surface area contributed by atoms with Gasteiger partial charge in [-0.2, -0.15) is 4.98 Å². The molecule has 1 aliphatic heterocycles. The Morgan fingerprint density at radius 3 is 2.68 bits per heavy atom. The molecular formula is C13H23N3O3. The monoisotopic (exact) mass is 269 g/mol. The quantitative estimate of drug-likeness (QED) is 0.815. The molecule has 1 unspecified atom stereocenters. The SMILES string of the molecule is CCOC(CC)(CC)c1noc([C@@H]2CC(O)CN2)n1. The predicted molar refractivity (Wildman–Crippen MR) is 69.6 cm³/mol. The largest absolute Gasteiger partial charge is 0.392 e. The summed E-state index contributed by atoms with van der Waals surface area (Å²) in [7, 11) is 0. The summed E-state index contributed by atoms with van der Waals surface area (Å²) in [5.41, 5.74) is -0.465. The summed E-state index contributed by atoms with van der Waals surface area (Å²) in [6, 6.07) is -0.0516. The van der Waals surface area contributed by atoms with Crippen LogP contribution in [0.3, 0.4) is 0 Å². The van der Waals surface area contributed by atoms with E-state index in [-0.39, 0.29) is 12.1 Å². The number of hydrogen-bond acceptors (Lipinski definition) is 6. The number of β-amino-alcohol motifs (C(OH)–C–C–N with tert-alkyl or cyclic N) is 1. The van der Waals surface area contributed by atoms with E-state index in [2.05, 4.69) is 29.3 Å². The van der Waals surface area contributed by atoms with Crippen LogP contribution < -0.4 is 5.32 Å². The maximum absolute atomic E-state index is 9.53. The Labute approximate surface area is 113 Å². The number of ether oxygens (including phenoxy) is 1. The maximum atomic E-state index is 9.53. The van der Waals surface area contributed by atoms with Crippen molar-refractivity contribution in [2.45, 2.75) is 57.8 Å². The van der Waals surface area contributed by atoms with Crippen molar-refractivity contribution in [1.82, 2.24) is 15.5 Å². The maximum Gasteiger partial charge on any atom is 0.243 e. The van der Waals surface area contributed by atoms with E-state index in [1.807, 2.05) is 6.92 Å². The molecule has 1 aliphatic rings. The smallest absolute Gasteiger partial charge is 0.243 e. The van der Waals surface area contributed by atoms with Gasteiger partial charge in [-0.25, -0.2) is 0 Å². The van der Waals surface area contributed by atoms with Crippen LogP contribution in [0.5, 0.6) is 0 Å². The van der Waals surface area contributed by atoms with Crippen LogP contribution in [0.15, 0.2) is 4.52 Å². The third-order valence-electron chi connectivity index (χ3n) is 3.82. The topological polar surface area (TPSA) is 80.4 Å². The van der Waals surface area contributed by atoms with E-state index in [1.54, 1.807) is 0 Å². The van der Waals surface area contributed by atoms with Gasteiger partial charge in [-0.15, -0.1) is 0 Å². The second-order valence-electron chi connectivity index (χ2n) is 4.94. The Hall–Kier alpha value is -0.980. The second kappa shape index (κ2) is 5.98. The number of hydrogen-bond donors (Lipinski definition) is 2. The Bertz CT molecular complexity index is 404. The molecule has 108 valence electrons. The van der Waals surface area contributed by atoms with Gasteiger partial charge in [0.15, 0.2) is 0 Å². The van der Waals surface area contributed by atoms with Gasteiger partial charge in [0.1, 0.15) is 5.60 Å². The third-order valence-corrected chi connectivity index (χ3v) is 3.82. The van der Waals surface area contributed by atoms with Crippen LogP contribution in [0, 0.1) is 0 Å². The zero-order valence-corrected chi connectivity index (χ0v) is 11.8. The third kappa shape index (κ3) is 2.80. The fourth-order valence-corrected chi connectivity index (χ4v) is 2.58. The van der Waals surface area contributed by atoms with Crippen LogP contribution in [0.2, 0.25) is 0 Å². The minimum absolute atomic E-state index is 0.0516. The van der Waals surface area contributed by atoms with Gasteiger partial charge >= 0.3 is 0 Å². The first-order valence-electron chi connectivity index (χ1n) is 7.04. The number of nitrogens with one attached hydrogen (secondary N) is 1. The van der Waals surface area contributed by atoms with Crippen molar-refractivity contribution in [3.05, 3.63) is 11.7 Å². The number of rotatable bonds is 6. The van der Waals surface area contributed by atoms with Crippen molar-refractivity contribution in [2.24, 2.45) is 0 Å². The average molecular weight is 269 g/mol. The lowest BCUT2D eigenvalue weighted by molar-refractivity contribution is -0.0583. The number of aliphatic hydroxyl groups excluding tert-OH is 1. The van der Waals surface area contributed by atoms with Gasteiger partial charge in [-0.05, 0) is 26.2 Å². The van der Waals surface area contributed by atoms with Gasteiger partial charge in [-0.3, -0.25) is 0 Å². The van der Waals surface area contributed by atoms with Crippen molar-refractivity contribution in [3.8, 4) is 0 Å². The zero-order valence-electron chi connectivity index (χ0n) is 11.8. The van der Waals surface area contributed by atoms with E-state index in [9.17, 15) is 5.11 Å². The molecule has 6 nitrogen and oxygen atoms in total. The fourth-order valence-electron chi connectivity index (χ4n) is 2.58. The fraction of sp³-hybridized carbons (Fsp3) is 0.846. The first-order valence-corrected chi connectivity index (χ1v) is 7.04. The molecule has 19 heavy (non-hydrogen) atoms. The van der Waals surface area contributed by atoms with Crippen molar-refractivity contribution in [1.29, 1.82) is 0 Å². The molecule has 2 rings (SSSR count). The molecule has 1 saturated heterocycles. The molecule has 0 aliphatic carbocycles. The van der Waals surface area contributed by atoms with Crippen molar-refractivity contribution in [2.75, 3.05) is 13.2 Å². The first-order chi connectivity index (χ1) is 9.15. The van der Waals surface area contributed by atoms with Gasteiger partial charge < -0.3 is 19.7 Å². The lowest BCUT2D eigenvalue weighted by Crippen LogP contribution is -2.30. The van der Waals surface area contributed by atoms with Gasteiger partial charge in [-0.1, -0.05) is 19.0 Å². The first kappa shape index (κ1) is 14.4. The normalized spacial score (nSPS) is 24.0. The molecule has 1 fully saturated rings. The highest BCUT2D eigenvalue weighted by atomic mass is 16.5. The molecule has 0 radical (unpaired) electrons. The highest BCUT2D eigenvalue weighted by Crippen LogP contribution is 2.32. The van der Waals surface area contributed by atoms with Crippen LogP contribution >= 0.6 is 0 Å². The van der Waals surface area contributed by atoms with E-state index < -0.39 is 5.60 Å². The molecule has 1 aromatic heterocycles. The van der Waals surface area contributed by atoms with Crippen LogP contribution in [0.25, 0.3) is 0 Å². The Morgan fingerprint density at radius 1 is 1.42 bits per heavy atom. The standard InChI is InChI=1S/C13H23N3O3/c1-4-13(5-2,18-6-3)12-15-11(19-16-12)10-7-9(17)8-14-10/h9-10,14,17H,4-8H2,1-3H3/t9?,10-/m0/s1. The van der Waals surface area contributed by atoms with Gasteiger partial charge in [0, 0.05) is 13.2 Å². The Kier molecular flexibility index (Phi) is 4.54. The summed E-state index contributed by atoms with van der Waals surface area (Å²) in [6.45, 7) is 7.28. The molecule has 0 saturated carbocycles. The predicted octanol–water partition coefficient (Wildman–Crippen LogP) is 1.52. The van der Waals surface area contributed by atoms with E-state index >= 15 is 0 Å². The number of nitrogens with zero attached hydrogens (tertiary/aromatic N) is 2. The van der Waals surface area contributed by atoms with E-state index in [4.69, 9.17) is 9.26 Å². The molecular weight excluding hydrogens is 246 g/mol.